The van der Waals surface area contributed by atoms with E-state index >= 15 is 0 Å². The highest BCUT2D eigenvalue weighted by Gasteiger charge is 2.07. The standard InChI is InChI=1S/C11H14N2O2/c1-3-4-8-13(2)10-7-5-6-9(12-10)11(14)15/h3,5-7H,1,4,8H2,2H3,(H,14,15). The van der Waals surface area contributed by atoms with Crippen molar-refractivity contribution < 1.29 is 9.90 Å². The zero-order valence-corrected chi connectivity index (χ0v) is 8.68. The minimum atomic E-state index is -1.01. The van der Waals surface area contributed by atoms with Gasteiger partial charge in [0.25, 0.3) is 0 Å². The fourth-order valence-corrected chi connectivity index (χ4v) is 1.15. The van der Waals surface area contributed by atoms with E-state index in [1.807, 2.05) is 18.0 Å². The average molecular weight is 206 g/mol. The van der Waals surface area contributed by atoms with Crippen LogP contribution in [-0.2, 0) is 0 Å². The molecule has 1 N–H and O–H groups in total. The minimum Gasteiger partial charge on any atom is -0.477 e. The predicted octanol–water partition coefficient (Wildman–Crippen LogP) is 1.79. The molecule has 0 fully saturated rings. The van der Waals surface area contributed by atoms with Crippen molar-refractivity contribution in [1.29, 1.82) is 0 Å². The second-order valence-electron chi connectivity index (χ2n) is 3.19. The Labute approximate surface area is 88.9 Å². The van der Waals surface area contributed by atoms with Crippen LogP contribution in [0.4, 0.5) is 5.82 Å². The van der Waals surface area contributed by atoms with E-state index in [-0.39, 0.29) is 5.69 Å². The van der Waals surface area contributed by atoms with Gasteiger partial charge in [-0.3, -0.25) is 0 Å². The second-order valence-corrected chi connectivity index (χ2v) is 3.19. The molecule has 4 heteroatoms. The third-order valence-electron chi connectivity index (χ3n) is 2.01. The molecule has 0 aliphatic carbocycles. The first-order chi connectivity index (χ1) is 7.15. The van der Waals surface area contributed by atoms with Crippen molar-refractivity contribution >= 4 is 11.8 Å². The molecule has 1 aromatic rings. The molecule has 0 radical (unpaired) electrons. The third kappa shape index (κ3) is 3.09. The lowest BCUT2D eigenvalue weighted by Crippen LogP contribution is -2.20. The van der Waals surface area contributed by atoms with Crippen LogP contribution in [-0.4, -0.2) is 29.7 Å². The van der Waals surface area contributed by atoms with Gasteiger partial charge in [0.15, 0.2) is 5.69 Å². The van der Waals surface area contributed by atoms with E-state index in [0.29, 0.717) is 5.82 Å². The van der Waals surface area contributed by atoms with Gasteiger partial charge >= 0.3 is 5.97 Å². The Morgan fingerprint density at radius 2 is 2.40 bits per heavy atom. The van der Waals surface area contributed by atoms with Crippen molar-refractivity contribution in [2.24, 2.45) is 0 Å². The van der Waals surface area contributed by atoms with E-state index in [4.69, 9.17) is 5.11 Å². The molecular weight excluding hydrogens is 192 g/mol. The number of anilines is 1. The van der Waals surface area contributed by atoms with Gasteiger partial charge in [-0.25, -0.2) is 9.78 Å². The molecular formula is C11H14N2O2. The van der Waals surface area contributed by atoms with Crippen molar-refractivity contribution in [2.45, 2.75) is 6.42 Å². The fraction of sp³-hybridized carbons (Fsp3) is 0.273. The van der Waals surface area contributed by atoms with Crippen LogP contribution < -0.4 is 4.90 Å². The van der Waals surface area contributed by atoms with Crippen LogP contribution in [0.25, 0.3) is 0 Å². The maximum Gasteiger partial charge on any atom is 0.354 e. The van der Waals surface area contributed by atoms with Crippen molar-refractivity contribution in [1.82, 2.24) is 4.98 Å². The molecule has 0 atom stereocenters. The molecule has 0 bridgehead atoms. The van der Waals surface area contributed by atoms with E-state index in [2.05, 4.69) is 11.6 Å². The van der Waals surface area contributed by atoms with Crippen LogP contribution in [0.5, 0.6) is 0 Å². The summed E-state index contributed by atoms with van der Waals surface area (Å²) in [6.07, 6.45) is 2.66. The number of aromatic nitrogens is 1. The molecule has 1 aromatic heterocycles. The molecule has 1 heterocycles. The average Bonchev–Trinajstić information content (AvgIpc) is 2.26. The molecule has 0 spiro atoms. The monoisotopic (exact) mass is 206 g/mol. The number of pyridine rings is 1. The second kappa shape index (κ2) is 5.14. The van der Waals surface area contributed by atoms with E-state index in [1.165, 1.54) is 6.07 Å². The number of carboxylic acid groups (broad SMARTS) is 1. The number of carbonyl (C=O) groups is 1. The fourth-order valence-electron chi connectivity index (χ4n) is 1.15. The van der Waals surface area contributed by atoms with Crippen molar-refractivity contribution in [3.05, 3.63) is 36.5 Å². The Kier molecular flexibility index (Phi) is 3.85. The summed E-state index contributed by atoms with van der Waals surface area (Å²) < 4.78 is 0. The molecule has 0 aliphatic heterocycles. The molecule has 4 nitrogen and oxygen atoms in total. The maximum absolute atomic E-state index is 10.7. The van der Waals surface area contributed by atoms with Gasteiger partial charge in [0.1, 0.15) is 5.82 Å². The molecule has 0 aromatic carbocycles. The molecule has 15 heavy (non-hydrogen) atoms. The third-order valence-corrected chi connectivity index (χ3v) is 2.01. The zero-order chi connectivity index (χ0) is 11.3. The number of hydrogen-bond acceptors (Lipinski definition) is 3. The lowest BCUT2D eigenvalue weighted by Gasteiger charge is -2.17. The highest BCUT2D eigenvalue weighted by Crippen LogP contribution is 2.10. The van der Waals surface area contributed by atoms with Gasteiger partial charge in [-0.15, -0.1) is 6.58 Å². The summed E-state index contributed by atoms with van der Waals surface area (Å²) in [5.41, 5.74) is 0.0675. The summed E-state index contributed by atoms with van der Waals surface area (Å²) in [7, 11) is 1.87. The molecule has 0 saturated heterocycles. The maximum atomic E-state index is 10.7. The zero-order valence-electron chi connectivity index (χ0n) is 8.68. The Morgan fingerprint density at radius 3 is 3.00 bits per heavy atom. The molecule has 80 valence electrons. The van der Waals surface area contributed by atoms with Gasteiger partial charge in [0.05, 0.1) is 0 Å². The number of aromatic carboxylic acids is 1. The van der Waals surface area contributed by atoms with Gasteiger partial charge < -0.3 is 10.0 Å². The topological polar surface area (TPSA) is 53.4 Å². The Balaban J connectivity index is 2.80. The largest absolute Gasteiger partial charge is 0.477 e. The van der Waals surface area contributed by atoms with Gasteiger partial charge in [-0.05, 0) is 18.6 Å². The quantitative estimate of drug-likeness (QED) is 0.746. The Morgan fingerprint density at radius 1 is 1.67 bits per heavy atom. The summed E-state index contributed by atoms with van der Waals surface area (Å²) in [5.74, 6) is -0.342. The van der Waals surface area contributed by atoms with Crippen LogP contribution in [0.1, 0.15) is 16.9 Å². The summed E-state index contributed by atoms with van der Waals surface area (Å²) >= 11 is 0. The smallest absolute Gasteiger partial charge is 0.354 e. The molecule has 0 unspecified atom stereocenters. The van der Waals surface area contributed by atoms with E-state index in [1.54, 1.807) is 12.1 Å². The lowest BCUT2D eigenvalue weighted by molar-refractivity contribution is 0.0690. The van der Waals surface area contributed by atoms with Crippen molar-refractivity contribution in [3.63, 3.8) is 0 Å². The van der Waals surface area contributed by atoms with E-state index < -0.39 is 5.97 Å². The van der Waals surface area contributed by atoms with Crippen LogP contribution >= 0.6 is 0 Å². The highest BCUT2D eigenvalue weighted by atomic mass is 16.4. The van der Waals surface area contributed by atoms with E-state index in [9.17, 15) is 4.79 Å². The summed E-state index contributed by atoms with van der Waals surface area (Å²) in [6.45, 7) is 4.41. The number of nitrogens with zero attached hydrogens (tertiary/aromatic N) is 2. The first-order valence-corrected chi connectivity index (χ1v) is 4.67. The first-order valence-electron chi connectivity index (χ1n) is 4.67. The number of rotatable bonds is 5. The van der Waals surface area contributed by atoms with Gasteiger partial charge in [0.2, 0.25) is 0 Å². The van der Waals surface area contributed by atoms with Gasteiger partial charge in [0, 0.05) is 13.6 Å². The minimum absolute atomic E-state index is 0.0675. The predicted molar refractivity (Wildman–Crippen MR) is 59.3 cm³/mol. The van der Waals surface area contributed by atoms with Crippen LogP contribution in [0.2, 0.25) is 0 Å². The highest BCUT2D eigenvalue weighted by molar-refractivity contribution is 5.85. The van der Waals surface area contributed by atoms with Crippen LogP contribution in [0, 0.1) is 0 Å². The first kappa shape index (κ1) is 11.2. The summed E-state index contributed by atoms with van der Waals surface area (Å²) in [5, 5.41) is 8.77. The van der Waals surface area contributed by atoms with Crippen molar-refractivity contribution in [2.75, 3.05) is 18.5 Å². The Hall–Kier alpha value is -1.84. The normalized spacial score (nSPS) is 9.67. The van der Waals surface area contributed by atoms with Crippen molar-refractivity contribution in [3.8, 4) is 0 Å². The number of hydrogen-bond donors (Lipinski definition) is 1. The molecule has 1 rings (SSSR count). The lowest BCUT2D eigenvalue weighted by atomic mass is 10.3. The number of carboxylic acids is 1. The molecule has 0 amide bonds. The van der Waals surface area contributed by atoms with Gasteiger partial charge in [-0.2, -0.15) is 0 Å². The van der Waals surface area contributed by atoms with Gasteiger partial charge in [-0.1, -0.05) is 12.1 Å². The SMILES string of the molecule is C=CCCN(C)c1cccc(C(=O)O)n1. The Bertz CT molecular complexity index is 363. The summed E-state index contributed by atoms with van der Waals surface area (Å²) in [4.78, 5) is 16.6. The molecule has 0 aliphatic rings. The summed E-state index contributed by atoms with van der Waals surface area (Å²) in [6, 6.07) is 4.96. The van der Waals surface area contributed by atoms with Crippen LogP contribution in [0.3, 0.4) is 0 Å². The van der Waals surface area contributed by atoms with E-state index in [0.717, 1.165) is 13.0 Å². The van der Waals surface area contributed by atoms with Crippen LogP contribution in [0.15, 0.2) is 30.9 Å². The molecule has 0 saturated carbocycles.